The van der Waals surface area contributed by atoms with Crippen molar-refractivity contribution in [1.82, 2.24) is 3.97 Å². The summed E-state index contributed by atoms with van der Waals surface area (Å²) in [4.78, 5) is 13.7. The van der Waals surface area contributed by atoms with Crippen molar-refractivity contribution in [2.24, 2.45) is 0 Å². The number of hydrogen-bond acceptors (Lipinski definition) is 3. The summed E-state index contributed by atoms with van der Waals surface area (Å²) < 4.78 is 1.90. The van der Waals surface area contributed by atoms with E-state index in [1.165, 1.54) is 11.9 Å². The van der Waals surface area contributed by atoms with E-state index in [0.29, 0.717) is 5.69 Å². The number of benzene rings is 2. The fourth-order valence-corrected chi connectivity index (χ4v) is 3.35. The Morgan fingerprint density at radius 2 is 1.83 bits per heavy atom. The zero-order chi connectivity index (χ0) is 16.2. The molecule has 0 N–H and O–H groups in total. The predicted octanol–water partition coefficient (Wildman–Crippen LogP) is 4.85. The molecule has 0 saturated carbocycles. The Kier molecular flexibility index (Phi) is 4.31. The van der Waals surface area contributed by atoms with Crippen LogP contribution >= 0.6 is 11.9 Å². The highest BCUT2D eigenvalue weighted by atomic mass is 32.2. The molecule has 0 aliphatic carbocycles. The molecule has 4 heteroatoms. The number of hydrogen-bond donors (Lipinski definition) is 0. The van der Waals surface area contributed by atoms with Crippen LogP contribution in [0.15, 0.2) is 77.2 Å². The number of carbonyl (C=O) groups excluding carboxylic acids is 1. The number of para-hydroxylation sites is 1. The van der Waals surface area contributed by atoms with E-state index >= 15 is 0 Å². The molecule has 0 fully saturated rings. The summed E-state index contributed by atoms with van der Waals surface area (Å²) in [6, 6.07) is 21.5. The second-order valence-corrected chi connectivity index (χ2v) is 5.95. The molecule has 3 aromatic rings. The molecule has 0 aliphatic rings. The SMILES string of the molecule is C/C=C(\C#N)C(=O)c1cc2ccccc2n1Sc1ccccc1. The van der Waals surface area contributed by atoms with E-state index in [4.69, 9.17) is 5.26 Å². The molecular formula is C19H14N2OS. The lowest BCUT2D eigenvalue weighted by Gasteiger charge is -2.08. The van der Waals surface area contributed by atoms with Crippen molar-refractivity contribution < 1.29 is 4.79 Å². The Hall–Kier alpha value is -2.77. The molecule has 3 nitrogen and oxygen atoms in total. The number of fused-ring (bicyclic) bond motifs is 1. The van der Waals surface area contributed by atoms with E-state index < -0.39 is 0 Å². The van der Waals surface area contributed by atoms with Crippen molar-refractivity contribution >= 4 is 28.6 Å². The third kappa shape index (κ3) is 2.92. The van der Waals surface area contributed by atoms with E-state index in [1.807, 2.05) is 70.7 Å². The van der Waals surface area contributed by atoms with Gasteiger partial charge in [-0.05, 0) is 43.1 Å². The van der Waals surface area contributed by atoms with Gasteiger partial charge in [-0.3, -0.25) is 8.77 Å². The van der Waals surface area contributed by atoms with E-state index in [1.54, 1.807) is 13.0 Å². The van der Waals surface area contributed by atoms with Crippen LogP contribution in [0.25, 0.3) is 10.9 Å². The maximum absolute atomic E-state index is 12.7. The van der Waals surface area contributed by atoms with Crippen LogP contribution in [0.5, 0.6) is 0 Å². The average molecular weight is 318 g/mol. The Labute approximate surface area is 139 Å². The molecule has 0 saturated heterocycles. The maximum Gasteiger partial charge on any atom is 0.220 e. The molecule has 0 spiro atoms. The fraction of sp³-hybridized carbons (Fsp3) is 0.0526. The van der Waals surface area contributed by atoms with Crippen molar-refractivity contribution in [3.05, 3.63) is 78.0 Å². The Balaban J connectivity index is 2.16. The lowest BCUT2D eigenvalue weighted by atomic mass is 10.1. The number of rotatable bonds is 4. The first-order chi connectivity index (χ1) is 11.2. The summed E-state index contributed by atoms with van der Waals surface area (Å²) in [6.07, 6.45) is 1.55. The van der Waals surface area contributed by atoms with Crippen molar-refractivity contribution in [1.29, 1.82) is 5.26 Å². The van der Waals surface area contributed by atoms with E-state index in [0.717, 1.165) is 15.8 Å². The molecule has 0 amide bonds. The molecule has 112 valence electrons. The highest BCUT2D eigenvalue weighted by Gasteiger charge is 2.19. The van der Waals surface area contributed by atoms with Crippen LogP contribution < -0.4 is 0 Å². The van der Waals surface area contributed by atoms with Crippen LogP contribution in [0.2, 0.25) is 0 Å². The molecule has 23 heavy (non-hydrogen) atoms. The standard InChI is InChI=1S/C19H14N2OS/c1-2-14(13-20)19(22)18-12-15-8-6-7-11-17(15)21(18)23-16-9-4-3-5-10-16/h2-12H,1H3/b14-2+. The summed E-state index contributed by atoms with van der Waals surface area (Å²) in [6.45, 7) is 1.70. The highest BCUT2D eigenvalue weighted by molar-refractivity contribution is 7.98. The van der Waals surface area contributed by atoms with Gasteiger partial charge in [-0.15, -0.1) is 0 Å². The molecule has 0 unspecified atom stereocenters. The summed E-state index contributed by atoms with van der Waals surface area (Å²) in [5, 5.41) is 10.1. The van der Waals surface area contributed by atoms with Crippen molar-refractivity contribution in [2.75, 3.05) is 0 Å². The number of nitrogens with zero attached hydrogens (tertiary/aromatic N) is 2. The summed E-state index contributed by atoms with van der Waals surface area (Å²) in [5.41, 5.74) is 1.62. The second kappa shape index (κ2) is 6.55. The minimum absolute atomic E-state index is 0.155. The number of carbonyl (C=O) groups is 1. The monoisotopic (exact) mass is 318 g/mol. The van der Waals surface area contributed by atoms with Crippen LogP contribution in [-0.2, 0) is 0 Å². The number of allylic oxidation sites excluding steroid dienone is 2. The molecule has 0 aliphatic heterocycles. The average Bonchev–Trinajstić information content (AvgIpc) is 2.95. The van der Waals surface area contributed by atoms with E-state index in [-0.39, 0.29) is 11.4 Å². The number of aromatic nitrogens is 1. The van der Waals surface area contributed by atoms with Crippen molar-refractivity contribution in [2.45, 2.75) is 11.8 Å². The molecule has 1 heterocycles. The van der Waals surface area contributed by atoms with Gasteiger partial charge in [0, 0.05) is 10.3 Å². The molecule has 3 rings (SSSR count). The first-order valence-corrected chi connectivity index (χ1v) is 7.97. The minimum Gasteiger partial charge on any atom is -0.286 e. The number of nitriles is 1. The molecule has 0 radical (unpaired) electrons. The van der Waals surface area contributed by atoms with Gasteiger partial charge in [-0.25, -0.2) is 0 Å². The van der Waals surface area contributed by atoms with Crippen LogP contribution in [-0.4, -0.2) is 9.76 Å². The summed E-state index contributed by atoms with van der Waals surface area (Å²) in [7, 11) is 0. The van der Waals surface area contributed by atoms with Crippen molar-refractivity contribution in [3.63, 3.8) is 0 Å². The zero-order valence-electron chi connectivity index (χ0n) is 12.6. The molecule has 2 aromatic carbocycles. The third-order valence-corrected chi connectivity index (χ3v) is 4.55. The predicted molar refractivity (Wildman–Crippen MR) is 93.3 cm³/mol. The second-order valence-electron chi connectivity index (χ2n) is 4.93. The third-order valence-electron chi connectivity index (χ3n) is 3.49. The first-order valence-electron chi connectivity index (χ1n) is 7.19. The lowest BCUT2D eigenvalue weighted by molar-refractivity contribution is 0.103. The van der Waals surface area contributed by atoms with E-state index in [2.05, 4.69) is 0 Å². The van der Waals surface area contributed by atoms with E-state index in [9.17, 15) is 4.79 Å². The maximum atomic E-state index is 12.7. The highest BCUT2D eigenvalue weighted by Crippen LogP contribution is 2.30. The largest absolute Gasteiger partial charge is 0.286 e. The van der Waals surface area contributed by atoms with Gasteiger partial charge in [0.25, 0.3) is 0 Å². The fourth-order valence-electron chi connectivity index (χ4n) is 2.36. The zero-order valence-corrected chi connectivity index (χ0v) is 13.4. The molecule has 1 aromatic heterocycles. The van der Waals surface area contributed by atoms with Gasteiger partial charge in [0.1, 0.15) is 11.8 Å². The number of ketones is 1. The van der Waals surface area contributed by atoms with Gasteiger partial charge in [-0.1, -0.05) is 42.5 Å². The van der Waals surface area contributed by atoms with Gasteiger partial charge in [0.05, 0.1) is 11.1 Å². The topological polar surface area (TPSA) is 45.8 Å². The lowest BCUT2D eigenvalue weighted by Crippen LogP contribution is -2.06. The summed E-state index contributed by atoms with van der Waals surface area (Å²) in [5.74, 6) is -0.255. The van der Waals surface area contributed by atoms with Crippen LogP contribution in [0.1, 0.15) is 17.4 Å². The minimum atomic E-state index is -0.255. The normalized spacial score (nSPS) is 11.4. The quantitative estimate of drug-likeness (QED) is 0.392. The van der Waals surface area contributed by atoms with Crippen LogP contribution in [0.3, 0.4) is 0 Å². The van der Waals surface area contributed by atoms with Gasteiger partial charge in [0.2, 0.25) is 5.78 Å². The first kappa shape index (κ1) is 15.1. The van der Waals surface area contributed by atoms with Crippen LogP contribution in [0, 0.1) is 11.3 Å². The Bertz CT molecular complexity index is 933. The van der Waals surface area contributed by atoms with Gasteiger partial charge >= 0.3 is 0 Å². The van der Waals surface area contributed by atoms with Gasteiger partial charge in [-0.2, -0.15) is 5.26 Å². The van der Waals surface area contributed by atoms with Gasteiger partial charge in [0.15, 0.2) is 0 Å². The Morgan fingerprint density at radius 1 is 1.13 bits per heavy atom. The number of Topliss-reactive ketones (excluding diaryl/α,β-unsaturated/α-hetero) is 1. The summed E-state index contributed by atoms with van der Waals surface area (Å²) >= 11 is 1.48. The Morgan fingerprint density at radius 3 is 2.52 bits per heavy atom. The molecule has 0 atom stereocenters. The van der Waals surface area contributed by atoms with Gasteiger partial charge < -0.3 is 0 Å². The van der Waals surface area contributed by atoms with Crippen molar-refractivity contribution in [3.8, 4) is 6.07 Å². The molecular weight excluding hydrogens is 304 g/mol. The van der Waals surface area contributed by atoms with Crippen LogP contribution in [0.4, 0.5) is 0 Å². The smallest absolute Gasteiger partial charge is 0.220 e. The molecule has 0 bridgehead atoms.